The molecule has 1 aromatic heterocycles. The molecule has 0 saturated heterocycles. The van der Waals surface area contributed by atoms with Crippen molar-refractivity contribution in [1.29, 1.82) is 0 Å². The summed E-state index contributed by atoms with van der Waals surface area (Å²) in [5.41, 5.74) is 7.04. The summed E-state index contributed by atoms with van der Waals surface area (Å²) in [6.45, 7) is 0.904. The molecule has 2 heteroatoms. The second kappa shape index (κ2) is 5.38. The van der Waals surface area contributed by atoms with Crippen LogP contribution in [0.3, 0.4) is 0 Å². The Labute approximate surface area is 131 Å². The zero-order valence-electron chi connectivity index (χ0n) is 12.8. The first-order valence-electron chi connectivity index (χ1n) is 7.74. The van der Waals surface area contributed by atoms with Crippen molar-refractivity contribution in [2.45, 2.75) is 19.4 Å². The molecule has 0 fully saturated rings. The largest absolute Gasteiger partial charge is 0.497 e. The van der Waals surface area contributed by atoms with Crippen LogP contribution >= 0.6 is 0 Å². The summed E-state index contributed by atoms with van der Waals surface area (Å²) < 4.78 is 7.64. The van der Waals surface area contributed by atoms with E-state index >= 15 is 0 Å². The van der Waals surface area contributed by atoms with Crippen LogP contribution in [0.2, 0.25) is 0 Å². The number of hydrogen-bond acceptors (Lipinski definition) is 1. The van der Waals surface area contributed by atoms with Crippen molar-refractivity contribution < 1.29 is 4.74 Å². The first-order valence-corrected chi connectivity index (χ1v) is 7.74. The minimum atomic E-state index is 0.904. The highest BCUT2D eigenvalue weighted by Crippen LogP contribution is 2.36. The summed E-state index contributed by atoms with van der Waals surface area (Å²) in [4.78, 5) is 0. The van der Waals surface area contributed by atoms with Gasteiger partial charge >= 0.3 is 0 Å². The highest BCUT2D eigenvalue weighted by Gasteiger charge is 2.23. The molecule has 0 radical (unpaired) electrons. The molecule has 1 heterocycles. The van der Waals surface area contributed by atoms with Gasteiger partial charge in [0.05, 0.1) is 12.8 Å². The lowest BCUT2D eigenvalue weighted by molar-refractivity contribution is 0.414. The van der Waals surface area contributed by atoms with Crippen LogP contribution in [0.5, 0.6) is 5.75 Å². The SMILES string of the molecule is COc1ccc(Cn2cc3c(c2-c2ccccc2)CC3)cc1. The summed E-state index contributed by atoms with van der Waals surface area (Å²) in [6.07, 6.45) is 4.74. The molecule has 0 unspecified atom stereocenters. The zero-order chi connectivity index (χ0) is 14.9. The molecule has 22 heavy (non-hydrogen) atoms. The van der Waals surface area contributed by atoms with Gasteiger partial charge in [0.1, 0.15) is 5.75 Å². The molecule has 0 amide bonds. The second-order valence-corrected chi connectivity index (χ2v) is 5.82. The molecule has 0 aliphatic heterocycles. The predicted octanol–water partition coefficient (Wildman–Crippen LogP) is 4.31. The molecule has 1 aliphatic carbocycles. The van der Waals surface area contributed by atoms with Gasteiger partial charge in [-0.25, -0.2) is 0 Å². The van der Waals surface area contributed by atoms with Crippen LogP contribution in [0.25, 0.3) is 11.3 Å². The minimum absolute atomic E-state index is 0.904. The second-order valence-electron chi connectivity index (χ2n) is 5.82. The van der Waals surface area contributed by atoms with E-state index in [0.717, 1.165) is 12.3 Å². The maximum Gasteiger partial charge on any atom is 0.118 e. The van der Waals surface area contributed by atoms with Crippen LogP contribution in [0, 0.1) is 0 Å². The first-order chi connectivity index (χ1) is 10.8. The number of aromatic nitrogens is 1. The molecule has 0 bridgehead atoms. The fraction of sp³-hybridized carbons (Fsp3) is 0.200. The van der Waals surface area contributed by atoms with E-state index in [-0.39, 0.29) is 0 Å². The summed E-state index contributed by atoms with van der Waals surface area (Å²) >= 11 is 0. The molecule has 0 N–H and O–H groups in total. The van der Waals surface area contributed by atoms with Crippen LogP contribution in [0.1, 0.15) is 16.7 Å². The Morgan fingerprint density at radius 3 is 2.36 bits per heavy atom. The Bertz CT molecular complexity index is 785. The van der Waals surface area contributed by atoms with Crippen molar-refractivity contribution in [2.24, 2.45) is 0 Å². The van der Waals surface area contributed by atoms with Crippen molar-refractivity contribution in [3.63, 3.8) is 0 Å². The van der Waals surface area contributed by atoms with Gasteiger partial charge in [-0.2, -0.15) is 0 Å². The number of nitrogens with zero attached hydrogens (tertiary/aromatic N) is 1. The number of hydrogen-bond donors (Lipinski definition) is 0. The Hall–Kier alpha value is -2.48. The van der Waals surface area contributed by atoms with Gasteiger partial charge in [-0.3, -0.25) is 0 Å². The van der Waals surface area contributed by atoms with E-state index in [1.54, 1.807) is 7.11 Å². The summed E-state index contributed by atoms with van der Waals surface area (Å²) in [5, 5.41) is 0. The zero-order valence-corrected chi connectivity index (χ0v) is 12.8. The lowest BCUT2D eigenvalue weighted by Crippen LogP contribution is -2.06. The van der Waals surface area contributed by atoms with E-state index in [9.17, 15) is 0 Å². The van der Waals surface area contributed by atoms with Crippen LogP contribution in [-0.2, 0) is 19.4 Å². The first kappa shape index (κ1) is 13.2. The van der Waals surface area contributed by atoms with Gasteiger partial charge in [0.25, 0.3) is 0 Å². The fourth-order valence-corrected chi connectivity index (χ4v) is 3.22. The maximum atomic E-state index is 5.24. The Balaban J connectivity index is 1.71. The van der Waals surface area contributed by atoms with Gasteiger partial charge < -0.3 is 9.30 Å². The molecular weight excluding hydrogens is 270 g/mol. The highest BCUT2D eigenvalue weighted by atomic mass is 16.5. The highest BCUT2D eigenvalue weighted by molar-refractivity contribution is 5.68. The van der Waals surface area contributed by atoms with Crippen molar-refractivity contribution in [3.8, 4) is 17.0 Å². The maximum absolute atomic E-state index is 5.24. The third-order valence-electron chi connectivity index (χ3n) is 4.48. The third-order valence-corrected chi connectivity index (χ3v) is 4.48. The van der Waals surface area contributed by atoms with Crippen molar-refractivity contribution in [1.82, 2.24) is 4.57 Å². The molecule has 3 aromatic rings. The summed E-state index contributed by atoms with van der Waals surface area (Å²) in [7, 11) is 1.70. The predicted molar refractivity (Wildman–Crippen MR) is 89.4 cm³/mol. The molecular formula is C20H19NO. The van der Waals surface area contributed by atoms with E-state index in [4.69, 9.17) is 4.74 Å². The average Bonchev–Trinajstić information content (AvgIpc) is 2.80. The normalized spacial score (nSPS) is 12.6. The van der Waals surface area contributed by atoms with Gasteiger partial charge in [0.15, 0.2) is 0 Å². The molecule has 1 aliphatic rings. The number of benzene rings is 2. The smallest absolute Gasteiger partial charge is 0.118 e. The minimum Gasteiger partial charge on any atom is -0.497 e. The number of aryl methyl sites for hydroxylation is 1. The average molecular weight is 289 g/mol. The van der Waals surface area contributed by atoms with Gasteiger partial charge in [0, 0.05) is 12.7 Å². The lowest BCUT2D eigenvalue weighted by Gasteiger charge is -2.16. The van der Waals surface area contributed by atoms with E-state index < -0.39 is 0 Å². The number of methoxy groups -OCH3 is 1. The van der Waals surface area contributed by atoms with Crippen LogP contribution in [0.4, 0.5) is 0 Å². The molecule has 0 saturated carbocycles. The standard InChI is InChI=1S/C20H19NO/c1-22-18-10-7-15(8-11-18)13-21-14-17-9-12-19(17)20(21)16-5-3-2-4-6-16/h2-8,10-11,14H,9,12-13H2,1H3. The molecule has 0 atom stereocenters. The molecule has 2 aromatic carbocycles. The Morgan fingerprint density at radius 1 is 0.955 bits per heavy atom. The van der Waals surface area contributed by atoms with E-state index in [0.29, 0.717) is 0 Å². The van der Waals surface area contributed by atoms with Gasteiger partial charge in [-0.1, -0.05) is 42.5 Å². The fourth-order valence-electron chi connectivity index (χ4n) is 3.22. The number of fused-ring (bicyclic) bond motifs is 1. The van der Waals surface area contributed by atoms with Crippen molar-refractivity contribution in [3.05, 3.63) is 77.5 Å². The molecule has 0 spiro atoms. The Morgan fingerprint density at radius 2 is 1.73 bits per heavy atom. The van der Waals surface area contributed by atoms with Crippen LogP contribution in [0.15, 0.2) is 60.8 Å². The van der Waals surface area contributed by atoms with Gasteiger partial charge in [-0.05, 0) is 47.2 Å². The van der Waals surface area contributed by atoms with Gasteiger partial charge in [0.2, 0.25) is 0 Å². The summed E-state index contributed by atoms with van der Waals surface area (Å²) in [6, 6.07) is 19.1. The van der Waals surface area contributed by atoms with Crippen molar-refractivity contribution >= 4 is 0 Å². The van der Waals surface area contributed by atoms with E-state index in [2.05, 4.69) is 53.2 Å². The number of rotatable bonds is 4. The van der Waals surface area contributed by atoms with Crippen LogP contribution in [-0.4, -0.2) is 11.7 Å². The Kier molecular flexibility index (Phi) is 3.23. The molecule has 4 rings (SSSR count). The van der Waals surface area contributed by atoms with E-state index in [1.807, 2.05) is 12.1 Å². The summed E-state index contributed by atoms with van der Waals surface area (Å²) in [5.74, 6) is 0.908. The quantitative estimate of drug-likeness (QED) is 0.698. The monoisotopic (exact) mass is 289 g/mol. The topological polar surface area (TPSA) is 14.2 Å². The molecule has 110 valence electrons. The van der Waals surface area contributed by atoms with Crippen LogP contribution < -0.4 is 4.74 Å². The number of ether oxygens (including phenoxy) is 1. The van der Waals surface area contributed by atoms with Crippen molar-refractivity contribution in [2.75, 3.05) is 7.11 Å². The molecule has 2 nitrogen and oxygen atoms in total. The lowest BCUT2D eigenvalue weighted by atomic mass is 9.89. The van der Waals surface area contributed by atoms with E-state index in [1.165, 1.54) is 40.8 Å². The van der Waals surface area contributed by atoms with Gasteiger partial charge in [-0.15, -0.1) is 0 Å². The third kappa shape index (κ3) is 2.21.